The molecule has 0 aliphatic heterocycles. The molecule has 0 aliphatic rings. The highest BCUT2D eigenvalue weighted by Crippen LogP contribution is 2.16. The van der Waals surface area contributed by atoms with Gasteiger partial charge >= 0.3 is 0 Å². The number of aromatic nitrogens is 6. The Bertz CT molecular complexity index is 599. The first-order valence-electron chi connectivity index (χ1n) is 4.07. The van der Waals surface area contributed by atoms with Gasteiger partial charge in [-0.3, -0.25) is 0 Å². The largest absolute Gasteiger partial charge is 0.381 e. The van der Waals surface area contributed by atoms with Crippen molar-refractivity contribution in [3.8, 4) is 11.5 Å². The number of nitrogens with zero attached hydrogens (tertiary/aromatic N) is 6. The second kappa shape index (κ2) is 2.74. The molecule has 74 valence electrons. The highest BCUT2D eigenvalue weighted by atomic mass is 16.5. The summed E-state index contributed by atoms with van der Waals surface area (Å²) in [4.78, 5) is 11.8. The summed E-state index contributed by atoms with van der Waals surface area (Å²) in [6, 6.07) is 0. The second-order valence-corrected chi connectivity index (χ2v) is 2.78. The van der Waals surface area contributed by atoms with E-state index in [0.29, 0.717) is 23.0 Å². The van der Waals surface area contributed by atoms with Crippen LogP contribution in [0.2, 0.25) is 0 Å². The highest BCUT2D eigenvalue weighted by molar-refractivity contribution is 5.64. The summed E-state index contributed by atoms with van der Waals surface area (Å²) in [5.74, 6) is 0.709. The molecule has 0 aliphatic carbocycles. The highest BCUT2D eigenvalue weighted by Gasteiger charge is 2.12. The zero-order valence-electron chi connectivity index (χ0n) is 7.40. The Labute approximate surface area is 82.8 Å². The molecule has 0 atom stereocenters. The van der Waals surface area contributed by atoms with E-state index in [-0.39, 0.29) is 0 Å². The zero-order chi connectivity index (χ0) is 10.3. The van der Waals surface area contributed by atoms with Crippen LogP contribution in [0.5, 0.6) is 0 Å². The quantitative estimate of drug-likeness (QED) is 0.581. The predicted molar refractivity (Wildman–Crippen MR) is 48.5 cm³/mol. The Morgan fingerprint density at radius 2 is 2.20 bits per heavy atom. The zero-order valence-corrected chi connectivity index (χ0v) is 7.40. The van der Waals surface area contributed by atoms with Crippen LogP contribution < -0.4 is 5.73 Å². The average molecular weight is 203 g/mol. The van der Waals surface area contributed by atoms with Gasteiger partial charge in [0.25, 0.3) is 0 Å². The van der Waals surface area contributed by atoms with Gasteiger partial charge in [-0.1, -0.05) is 5.16 Å². The minimum atomic E-state index is 0.305. The van der Waals surface area contributed by atoms with E-state index in [9.17, 15) is 0 Å². The Morgan fingerprint density at radius 1 is 1.27 bits per heavy atom. The molecular formula is C7H5N7O. The molecule has 8 nitrogen and oxygen atoms in total. The molecule has 0 spiro atoms. The summed E-state index contributed by atoms with van der Waals surface area (Å²) >= 11 is 0. The molecular weight excluding hydrogens is 198 g/mol. The maximum atomic E-state index is 5.62. The van der Waals surface area contributed by atoms with Gasteiger partial charge in [0.15, 0.2) is 11.5 Å². The van der Waals surface area contributed by atoms with Crippen LogP contribution in [-0.2, 0) is 0 Å². The van der Waals surface area contributed by atoms with E-state index in [1.54, 1.807) is 6.20 Å². The van der Waals surface area contributed by atoms with Gasteiger partial charge in [-0.05, 0) is 0 Å². The van der Waals surface area contributed by atoms with Crippen molar-refractivity contribution in [3.05, 3.63) is 18.9 Å². The predicted octanol–water partition coefficient (Wildman–Crippen LogP) is -0.244. The lowest BCUT2D eigenvalue weighted by molar-refractivity contribution is 0.418. The van der Waals surface area contributed by atoms with Crippen LogP contribution in [0.4, 0.5) is 5.82 Å². The Balaban J connectivity index is 2.34. The minimum Gasteiger partial charge on any atom is -0.381 e. The normalized spacial score (nSPS) is 10.9. The van der Waals surface area contributed by atoms with E-state index in [1.165, 1.54) is 17.2 Å². The summed E-state index contributed by atoms with van der Waals surface area (Å²) < 4.78 is 6.15. The molecule has 0 fully saturated rings. The molecule has 15 heavy (non-hydrogen) atoms. The van der Waals surface area contributed by atoms with Crippen molar-refractivity contribution in [2.45, 2.75) is 0 Å². The number of fused-ring (bicyclic) bond motifs is 1. The van der Waals surface area contributed by atoms with E-state index >= 15 is 0 Å². The number of nitrogens with two attached hydrogens (primary N) is 1. The van der Waals surface area contributed by atoms with Crippen molar-refractivity contribution >= 4 is 11.5 Å². The van der Waals surface area contributed by atoms with Gasteiger partial charge in [0.2, 0.25) is 12.2 Å². The first-order valence-corrected chi connectivity index (χ1v) is 4.07. The molecule has 0 unspecified atom stereocenters. The van der Waals surface area contributed by atoms with Gasteiger partial charge in [0.1, 0.15) is 12.0 Å². The first kappa shape index (κ1) is 7.85. The van der Waals surface area contributed by atoms with Gasteiger partial charge in [-0.15, -0.1) is 0 Å². The van der Waals surface area contributed by atoms with Crippen LogP contribution >= 0.6 is 0 Å². The number of rotatable bonds is 1. The van der Waals surface area contributed by atoms with Crippen LogP contribution in [-0.4, -0.2) is 29.7 Å². The molecule has 0 saturated heterocycles. The van der Waals surface area contributed by atoms with Gasteiger partial charge in [-0.25, -0.2) is 14.5 Å². The average Bonchev–Trinajstić information content (AvgIpc) is 2.85. The second-order valence-electron chi connectivity index (χ2n) is 2.78. The monoisotopic (exact) mass is 203 g/mol. The molecule has 0 amide bonds. The minimum absolute atomic E-state index is 0.305. The molecule has 0 radical (unpaired) electrons. The molecule has 0 aromatic carbocycles. The molecule has 3 aromatic rings. The Kier molecular flexibility index (Phi) is 1.43. The fraction of sp³-hybridized carbons (Fsp3) is 0. The van der Waals surface area contributed by atoms with E-state index in [2.05, 4.69) is 29.7 Å². The van der Waals surface area contributed by atoms with Crippen molar-refractivity contribution in [1.82, 2.24) is 29.7 Å². The van der Waals surface area contributed by atoms with E-state index in [1.807, 2.05) is 0 Å². The lowest BCUT2D eigenvalue weighted by Crippen LogP contribution is -2.00. The lowest BCUT2D eigenvalue weighted by Gasteiger charge is -1.96. The van der Waals surface area contributed by atoms with Crippen LogP contribution in [0, 0.1) is 0 Å². The molecule has 8 heteroatoms. The SMILES string of the molecule is Nc1ncnn2c(-c3ncon3)cnc12. The third-order valence-corrected chi connectivity index (χ3v) is 1.92. The summed E-state index contributed by atoms with van der Waals surface area (Å²) in [7, 11) is 0. The van der Waals surface area contributed by atoms with Crippen LogP contribution in [0.25, 0.3) is 17.2 Å². The standard InChI is InChI=1S/C7H5N7O/c8-5-7-9-1-4(6-11-3-15-13-6)14(7)12-2-10-5/h1-3H,(H2,8,10,12). The van der Waals surface area contributed by atoms with E-state index < -0.39 is 0 Å². The molecule has 3 rings (SSSR count). The summed E-state index contributed by atoms with van der Waals surface area (Å²) in [5, 5.41) is 7.69. The number of anilines is 1. The number of hydrogen-bond donors (Lipinski definition) is 1. The molecule has 2 N–H and O–H groups in total. The van der Waals surface area contributed by atoms with E-state index in [0.717, 1.165) is 0 Å². The fourth-order valence-corrected chi connectivity index (χ4v) is 1.27. The fourth-order valence-electron chi connectivity index (χ4n) is 1.27. The van der Waals surface area contributed by atoms with Crippen LogP contribution in [0.15, 0.2) is 23.4 Å². The number of imidazole rings is 1. The lowest BCUT2D eigenvalue weighted by atomic mass is 10.4. The van der Waals surface area contributed by atoms with Gasteiger partial charge in [0, 0.05) is 0 Å². The summed E-state index contributed by atoms with van der Waals surface area (Å²) in [6.45, 7) is 0. The van der Waals surface area contributed by atoms with Crippen LogP contribution in [0.1, 0.15) is 0 Å². The smallest absolute Gasteiger partial charge is 0.222 e. The van der Waals surface area contributed by atoms with Gasteiger partial charge in [0.05, 0.1) is 6.20 Å². The van der Waals surface area contributed by atoms with Crippen molar-refractivity contribution in [3.63, 3.8) is 0 Å². The summed E-state index contributed by atoms with van der Waals surface area (Å²) in [5.41, 5.74) is 6.70. The Hall–Kier alpha value is -2.51. The number of hydrogen-bond acceptors (Lipinski definition) is 7. The van der Waals surface area contributed by atoms with Gasteiger partial charge < -0.3 is 10.3 Å². The maximum Gasteiger partial charge on any atom is 0.222 e. The summed E-state index contributed by atoms with van der Waals surface area (Å²) in [6.07, 6.45) is 4.14. The van der Waals surface area contributed by atoms with E-state index in [4.69, 9.17) is 5.73 Å². The van der Waals surface area contributed by atoms with Gasteiger partial charge in [-0.2, -0.15) is 10.1 Å². The first-order chi connectivity index (χ1) is 7.36. The molecule has 3 heterocycles. The topological polar surface area (TPSA) is 108 Å². The van der Waals surface area contributed by atoms with Crippen LogP contribution in [0.3, 0.4) is 0 Å². The van der Waals surface area contributed by atoms with Crippen molar-refractivity contribution in [2.75, 3.05) is 5.73 Å². The molecule has 0 bridgehead atoms. The Morgan fingerprint density at radius 3 is 3.00 bits per heavy atom. The third kappa shape index (κ3) is 1.04. The third-order valence-electron chi connectivity index (χ3n) is 1.92. The maximum absolute atomic E-state index is 5.62. The van der Waals surface area contributed by atoms with Crippen molar-refractivity contribution in [1.29, 1.82) is 0 Å². The van der Waals surface area contributed by atoms with Crippen molar-refractivity contribution < 1.29 is 4.52 Å². The molecule has 0 saturated carbocycles. The number of nitrogen functional groups attached to an aromatic ring is 1. The molecule has 3 aromatic heterocycles. The van der Waals surface area contributed by atoms with Crippen molar-refractivity contribution in [2.24, 2.45) is 0 Å².